The molecule has 1 aromatic heterocycles. The number of benzene rings is 2. The summed E-state index contributed by atoms with van der Waals surface area (Å²) < 4.78 is 25.3. The summed E-state index contributed by atoms with van der Waals surface area (Å²) >= 11 is 0. The maximum atomic E-state index is 11.4. The summed E-state index contributed by atoms with van der Waals surface area (Å²) in [6.45, 7) is 4.01. The molecule has 0 atom stereocenters. The van der Waals surface area contributed by atoms with Gasteiger partial charge in [0.25, 0.3) is 0 Å². The van der Waals surface area contributed by atoms with E-state index in [0.29, 0.717) is 41.1 Å². The first-order valence-corrected chi connectivity index (χ1v) is 14.9. The highest BCUT2D eigenvalue weighted by molar-refractivity contribution is 7.59. The predicted octanol–water partition coefficient (Wildman–Crippen LogP) is 1.45. The van der Waals surface area contributed by atoms with Crippen LogP contribution in [-0.4, -0.2) is 106 Å². The van der Waals surface area contributed by atoms with E-state index in [1.54, 1.807) is 42.8 Å². The van der Waals surface area contributed by atoms with Gasteiger partial charge in [-0.15, -0.1) is 12.6 Å². The van der Waals surface area contributed by atoms with Gasteiger partial charge in [-0.2, -0.15) is 0 Å². The third-order valence-electron chi connectivity index (χ3n) is 6.53. The molecule has 0 saturated carbocycles. The lowest BCUT2D eigenvalue weighted by atomic mass is 10.0. The van der Waals surface area contributed by atoms with Crippen molar-refractivity contribution in [2.45, 2.75) is 13.8 Å². The monoisotopic (exact) mass is 666 g/mol. The number of carbonyl (C=O) groups is 4. The number of hydrogen-bond acceptors (Lipinski definition) is 14. The van der Waals surface area contributed by atoms with E-state index in [9.17, 15) is 24.3 Å². The van der Waals surface area contributed by atoms with Crippen LogP contribution in [0.5, 0.6) is 5.75 Å². The minimum absolute atomic E-state index is 0.0252. The number of aromatic nitrogens is 2. The third kappa shape index (κ3) is 11.5. The van der Waals surface area contributed by atoms with Crippen LogP contribution in [0.1, 0.15) is 13.8 Å². The first-order valence-electron chi connectivity index (χ1n) is 13.9. The van der Waals surface area contributed by atoms with Crippen LogP contribution in [0.3, 0.4) is 0 Å². The minimum Gasteiger partial charge on any atom is -0.506 e. The zero-order valence-electron chi connectivity index (χ0n) is 26.1. The fraction of sp³-hybridized carbons (Fsp3) is 0.250. The molecule has 3 aromatic rings. The number of aromatic hydroxyl groups is 1. The molecule has 5 rings (SSSR count). The summed E-state index contributed by atoms with van der Waals surface area (Å²) in [5, 5.41) is 27.8. The Morgan fingerprint density at radius 2 is 1.19 bits per heavy atom. The fourth-order valence-electron chi connectivity index (χ4n) is 4.06. The van der Waals surface area contributed by atoms with Crippen molar-refractivity contribution < 1.29 is 47.1 Å². The van der Waals surface area contributed by atoms with E-state index in [1.807, 2.05) is 31.3 Å². The molecule has 0 aliphatic heterocycles. The van der Waals surface area contributed by atoms with Gasteiger partial charge in [0, 0.05) is 50.5 Å². The highest BCUT2D eigenvalue weighted by Gasteiger charge is 2.20. The van der Waals surface area contributed by atoms with Crippen LogP contribution < -0.4 is 4.90 Å². The molecule has 14 nitrogen and oxygen atoms in total. The van der Waals surface area contributed by atoms with Crippen LogP contribution in [0, 0.1) is 0 Å². The second-order valence-electron chi connectivity index (χ2n) is 10.0. The van der Waals surface area contributed by atoms with Gasteiger partial charge in [0.05, 0.1) is 46.7 Å². The largest absolute Gasteiger partial charge is 0.506 e. The Kier molecular flexibility index (Phi) is 14.4. The van der Waals surface area contributed by atoms with Gasteiger partial charge in [-0.1, -0.05) is 12.1 Å². The van der Waals surface area contributed by atoms with Gasteiger partial charge < -0.3 is 25.1 Å². The van der Waals surface area contributed by atoms with Crippen molar-refractivity contribution in [2.75, 3.05) is 45.3 Å². The van der Waals surface area contributed by atoms with E-state index in [4.69, 9.17) is 22.8 Å². The standard InChI is InChI=1S/C15H15N3O2.C10H13NO3.C7H6O2.O3S/c1-18(6-7-19)14-8-12-13(9-15(14)20)17-11-5-3-2-4-10(11)16-12;1-7-5-10(14)8(6-9(7)13)11(2)3-4-12;1-5-4-6(8)2-3-7(5)9;1-4(2)3/h2-5,8-9,19-20H,6-7H2,1H3;5-6,12H,3-4H2,1-2H3;2-4H,1H3;. The quantitative estimate of drug-likeness (QED) is 0.251. The first-order chi connectivity index (χ1) is 22.2. The van der Waals surface area contributed by atoms with Gasteiger partial charge in [-0.05, 0) is 56.4 Å². The van der Waals surface area contributed by atoms with E-state index in [2.05, 4.69) is 9.97 Å². The van der Waals surface area contributed by atoms with E-state index in [0.717, 1.165) is 16.6 Å². The Hall–Kier alpha value is -5.38. The average Bonchev–Trinajstić information content (AvgIpc) is 3.00. The van der Waals surface area contributed by atoms with Crippen molar-refractivity contribution in [3.8, 4) is 5.75 Å². The summed E-state index contributed by atoms with van der Waals surface area (Å²) in [4.78, 5) is 56.3. The Balaban J connectivity index is 0.000000247. The van der Waals surface area contributed by atoms with Crippen LogP contribution in [0.15, 0.2) is 83.6 Å². The third-order valence-corrected chi connectivity index (χ3v) is 6.53. The highest BCUT2D eigenvalue weighted by Crippen LogP contribution is 2.31. The average molecular weight is 667 g/mol. The van der Waals surface area contributed by atoms with Gasteiger partial charge in [0.2, 0.25) is 5.78 Å². The second-order valence-corrected chi connectivity index (χ2v) is 10.5. The Morgan fingerprint density at radius 3 is 1.70 bits per heavy atom. The number of para-hydroxylation sites is 2. The highest BCUT2D eigenvalue weighted by atomic mass is 32.2. The molecule has 0 spiro atoms. The normalized spacial score (nSPS) is 13.6. The van der Waals surface area contributed by atoms with Crippen LogP contribution in [0.25, 0.3) is 22.1 Å². The number of phenols is 1. The zero-order valence-corrected chi connectivity index (χ0v) is 26.9. The summed E-state index contributed by atoms with van der Waals surface area (Å²) in [6, 6.07) is 11.0. The maximum Gasteiger partial charge on any atom is 0.425 e. The van der Waals surface area contributed by atoms with Gasteiger partial charge in [-0.3, -0.25) is 19.2 Å². The number of nitrogens with zero attached hydrogens (tertiary/aromatic N) is 4. The molecule has 0 unspecified atom stereocenters. The number of aliphatic hydroxyl groups is 2. The molecule has 47 heavy (non-hydrogen) atoms. The predicted molar refractivity (Wildman–Crippen MR) is 173 cm³/mol. The van der Waals surface area contributed by atoms with Crippen molar-refractivity contribution in [3.63, 3.8) is 0 Å². The zero-order chi connectivity index (χ0) is 35.3. The number of carbonyl (C=O) groups excluding carboxylic acids is 4. The number of hydrogen-bond donors (Lipinski definition) is 3. The molecule has 0 fully saturated rings. The van der Waals surface area contributed by atoms with Crippen molar-refractivity contribution in [2.24, 2.45) is 0 Å². The molecule has 0 amide bonds. The molecular formula is C32H34N4O10S. The molecule has 2 aromatic carbocycles. The smallest absolute Gasteiger partial charge is 0.425 e. The Bertz CT molecular complexity index is 1910. The van der Waals surface area contributed by atoms with E-state index < -0.39 is 10.6 Å². The Labute approximate surface area is 271 Å². The molecule has 1 heterocycles. The van der Waals surface area contributed by atoms with Gasteiger partial charge in [0.1, 0.15) is 5.75 Å². The molecule has 2 aliphatic rings. The van der Waals surface area contributed by atoms with Crippen molar-refractivity contribution >= 4 is 61.5 Å². The number of anilines is 1. The SMILES string of the molecule is CC1=CC(=O)C(N(C)CCO)=CC1=O.CC1=CC(=O)C=CC1=O.CN(CCO)c1cc2nc3ccccc3nc2cc1O.O=S(=O)=O. The summed E-state index contributed by atoms with van der Waals surface area (Å²) in [5.41, 5.74) is 4.95. The summed E-state index contributed by atoms with van der Waals surface area (Å²) in [7, 11) is 0.368. The van der Waals surface area contributed by atoms with Crippen molar-refractivity contribution in [1.82, 2.24) is 14.9 Å². The molecule has 0 radical (unpaired) electrons. The molecule has 0 bridgehead atoms. The maximum absolute atomic E-state index is 11.4. The number of allylic oxidation sites excluding steroid dienone is 7. The topological polar surface area (TPSA) is 212 Å². The number of aliphatic hydroxyl groups excluding tert-OH is 2. The van der Waals surface area contributed by atoms with Gasteiger partial charge in [-0.25, -0.2) is 9.97 Å². The lowest BCUT2D eigenvalue weighted by Crippen LogP contribution is -2.28. The number of fused-ring (bicyclic) bond motifs is 2. The first kappa shape index (κ1) is 37.8. The molecule has 2 aliphatic carbocycles. The second kappa shape index (κ2) is 17.9. The minimum atomic E-state index is -3.11. The van der Waals surface area contributed by atoms with E-state index in [-0.39, 0.29) is 42.1 Å². The van der Waals surface area contributed by atoms with E-state index >= 15 is 0 Å². The molecule has 0 saturated heterocycles. The molecular weight excluding hydrogens is 632 g/mol. The van der Waals surface area contributed by atoms with Crippen molar-refractivity contribution in [1.29, 1.82) is 0 Å². The van der Waals surface area contributed by atoms with E-state index in [1.165, 1.54) is 30.4 Å². The van der Waals surface area contributed by atoms with Crippen LogP contribution >= 0.6 is 0 Å². The fourth-order valence-corrected chi connectivity index (χ4v) is 4.06. The van der Waals surface area contributed by atoms with Gasteiger partial charge >= 0.3 is 10.6 Å². The summed E-state index contributed by atoms with van der Waals surface area (Å²) in [5.74, 6) is -0.373. The lowest BCUT2D eigenvalue weighted by Gasteiger charge is -2.21. The number of rotatable bonds is 6. The molecule has 15 heteroatoms. The number of ketones is 4. The van der Waals surface area contributed by atoms with Crippen LogP contribution in [0.4, 0.5) is 5.69 Å². The van der Waals surface area contributed by atoms with Crippen LogP contribution in [-0.2, 0) is 29.8 Å². The van der Waals surface area contributed by atoms with Gasteiger partial charge in [0.15, 0.2) is 17.3 Å². The lowest BCUT2D eigenvalue weighted by molar-refractivity contribution is -0.116. The van der Waals surface area contributed by atoms with Crippen LogP contribution in [0.2, 0.25) is 0 Å². The number of likely N-dealkylation sites (N-methyl/N-ethyl adjacent to an activating group) is 2. The van der Waals surface area contributed by atoms with Crippen molar-refractivity contribution in [3.05, 3.63) is 83.6 Å². The Morgan fingerprint density at radius 1 is 0.681 bits per heavy atom. The number of phenolic OH excluding ortho intramolecular Hbond substituents is 1. The molecule has 248 valence electrons. The summed E-state index contributed by atoms with van der Waals surface area (Å²) in [6.07, 6.45) is 6.54. The molecule has 3 N–H and O–H groups in total.